The second-order valence-corrected chi connectivity index (χ2v) is 7.10. The topological polar surface area (TPSA) is 66.4 Å². The van der Waals surface area contributed by atoms with Gasteiger partial charge < -0.3 is 10.4 Å². The molecule has 19 heavy (non-hydrogen) atoms. The molecule has 0 bridgehead atoms. The van der Waals surface area contributed by atoms with Crippen LogP contribution in [0.1, 0.15) is 33.6 Å². The van der Waals surface area contributed by atoms with E-state index in [-0.39, 0.29) is 5.75 Å². The average Bonchev–Trinajstić information content (AvgIpc) is 2.37. The van der Waals surface area contributed by atoms with Gasteiger partial charge in [0, 0.05) is 6.54 Å². The summed E-state index contributed by atoms with van der Waals surface area (Å²) in [4.78, 5) is 0.309. The summed E-state index contributed by atoms with van der Waals surface area (Å²) in [7, 11) is -3.26. The van der Waals surface area contributed by atoms with Crippen molar-refractivity contribution in [1.29, 1.82) is 0 Å². The van der Waals surface area contributed by atoms with Gasteiger partial charge in [0.1, 0.15) is 0 Å². The zero-order chi connectivity index (χ0) is 14.5. The maximum absolute atomic E-state index is 12.1. The van der Waals surface area contributed by atoms with Gasteiger partial charge in [-0.2, -0.15) is 0 Å². The molecule has 0 saturated carbocycles. The quantitative estimate of drug-likeness (QED) is 0.807. The third kappa shape index (κ3) is 4.51. The average molecular weight is 285 g/mol. The highest BCUT2D eigenvalue weighted by Gasteiger charge is 2.21. The molecule has 1 unspecified atom stereocenters. The van der Waals surface area contributed by atoms with E-state index in [1.165, 1.54) is 0 Å². The van der Waals surface area contributed by atoms with Crippen molar-refractivity contribution in [2.24, 2.45) is 0 Å². The molecule has 0 fully saturated rings. The van der Waals surface area contributed by atoms with Crippen LogP contribution in [0.5, 0.6) is 0 Å². The molecular weight excluding hydrogens is 262 g/mol. The Morgan fingerprint density at radius 2 is 1.89 bits per heavy atom. The zero-order valence-corrected chi connectivity index (χ0v) is 12.6. The van der Waals surface area contributed by atoms with Gasteiger partial charge in [0.2, 0.25) is 0 Å². The first kappa shape index (κ1) is 16.0. The fourth-order valence-corrected chi connectivity index (χ4v) is 3.19. The molecule has 1 atom stereocenters. The Kier molecular flexibility index (Phi) is 5.38. The molecule has 4 nitrogen and oxygen atoms in total. The first-order chi connectivity index (χ1) is 8.82. The predicted molar refractivity (Wildman–Crippen MR) is 78.2 cm³/mol. The summed E-state index contributed by atoms with van der Waals surface area (Å²) in [5.41, 5.74) is -0.286. The molecule has 0 aliphatic carbocycles. The molecule has 0 aromatic heterocycles. The van der Waals surface area contributed by atoms with Gasteiger partial charge in [-0.05, 0) is 31.9 Å². The number of nitrogens with one attached hydrogen (secondary N) is 1. The summed E-state index contributed by atoms with van der Waals surface area (Å²) >= 11 is 0. The van der Waals surface area contributed by atoms with Crippen LogP contribution in [0.2, 0.25) is 0 Å². The van der Waals surface area contributed by atoms with Crippen LogP contribution in [-0.2, 0) is 9.84 Å². The number of benzene rings is 1. The first-order valence-electron chi connectivity index (χ1n) is 6.60. The van der Waals surface area contributed by atoms with Crippen LogP contribution in [-0.4, -0.2) is 31.4 Å². The fraction of sp³-hybridized carbons (Fsp3) is 0.571. The number of aliphatic hydroxyl groups is 1. The predicted octanol–water partition coefficient (Wildman–Crippen LogP) is 2.44. The van der Waals surface area contributed by atoms with Crippen molar-refractivity contribution >= 4 is 15.5 Å². The van der Waals surface area contributed by atoms with Gasteiger partial charge in [0.05, 0.1) is 21.9 Å². The van der Waals surface area contributed by atoms with Crippen LogP contribution >= 0.6 is 0 Å². The minimum Gasteiger partial charge on any atom is -0.388 e. The lowest BCUT2D eigenvalue weighted by Gasteiger charge is -2.23. The molecule has 0 aliphatic heterocycles. The van der Waals surface area contributed by atoms with Crippen molar-refractivity contribution in [3.05, 3.63) is 24.3 Å². The third-order valence-electron chi connectivity index (χ3n) is 3.12. The van der Waals surface area contributed by atoms with Crippen LogP contribution in [0.25, 0.3) is 0 Å². The second-order valence-electron chi connectivity index (χ2n) is 5.02. The number of rotatable bonds is 7. The summed E-state index contributed by atoms with van der Waals surface area (Å²) in [5.74, 6) is 0.135. The minimum absolute atomic E-state index is 0.135. The molecule has 1 aromatic rings. The molecule has 0 radical (unpaired) electrons. The Bertz CT molecular complexity index is 509. The van der Waals surface area contributed by atoms with Gasteiger partial charge >= 0.3 is 0 Å². The van der Waals surface area contributed by atoms with Crippen molar-refractivity contribution in [2.45, 2.75) is 44.1 Å². The smallest absolute Gasteiger partial charge is 0.180 e. The first-order valence-corrected chi connectivity index (χ1v) is 8.25. The van der Waals surface area contributed by atoms with E-state index in [1.54, 1.807) is 31.2 Å². The number of anilines is 1. The SMILES string of the molecule is CCCS(=O)(=O)c1ccccc1NCC(C)(O)CC. The number of hydrogen-bond acceptors (Lipinski definition) is 4. The van der Waals surface area contributed by atoms with Gasteiger partial charge in [-0.25, -0.2) is 8.42 Å². The van der Waals surface area contributed by atoms with Crippen LogP contribution in [0.3, 0.4) is 0 Å². The Balaban J connectivity index is 2.97. The molecule has 0 amide bonds. The van der Waals surface area contributed by atoms with Crippen LogP contribution in [0.4, 0.5) is 5.69 Å². The number of para-hydroxylation sites is 1. The Labute approximate surface area is 115 Å². The monoisotopic (exact) mass is 285 g/mol. The van der Waals surface area contributed by atoms with Gasteiger partial charge in [-0.15, -0.1) is 0 Å². The van der Waals surface area contributed by atoms with Crippen molar-refractivity contribution in [3.63, 3.8) is 0 Å². The Morgan fingerprint density at radius 1 is 1.26 bits per heavy atom. The van der Waals surface area contributed by atoms with Crippen LogP contribution in [0, 0.1) is 0 Å². The van der Waals surface area contributed by atoms with Crippen LogP contribution in [0.15, 0.2) is 29.2 Å². The zero-order valence-electron chi connectivity index (χ0n) is 11.8. The highest BCUT2D eigenvalue weighted by Crippen LogP contribution is 2.23. The Morgan fingerprint density at radius 3 is 2.47 bits per heavy atom. The molecule has 0 heterocycles. The van der Waals surface area contributed by atoms with E-state index in [2.05, 4.69) is 5.32 Å². The van der Waals surface area contributed by atoms with E-state index in [0.717, 1.165) is 0 Å². The van der Waals surface area contributed by atoms with Gasteiger partial charge in [0.25, 0.3) is 0 Å². The maximum Gasteiger partial charge on any atom is 0.180 e. The molecule has 0 spiro atoms. The highest BCUT2D eigenvalue weighted by atomic mass is 32.2. The summed E-state index contributed by atoms with van der Waals surface area (Å²) in [6.07, 6.45) is 1.19. The summed E-state index contributed by atoms with van der Waals surface area (Å²) in [5, 5.41) is 13.0. The maximum atomic E-state index is 12.1. The molecule has 1 aromatic carbocycles. The third-order valence-corrected chi connectivity index (χ3v) is 5.09. The van der Waals surface area contributed by atoms with Crippen molar-refractivity contribution in [2.75, 3.05) is 17.6 Å². The molecule has 5 heteroatoms. The number of sulfone groups is 1. The fourth-order valence-electron chi connectivity index (χ4n) is 1.67. The normalized spacial score (nSPS) is 14.9. The van der Waals surface area contributed by atoms with E-state index in [1.807, 2.05) is 13.8 Å². The molecule has 0 aliphatic rings. The van der Waals surface area contributed by atoms with E-state index in [9.17, 15) is 13.5 Å². The molecule has 0 saturated heterocycles. The van der Waals surface area contributed by atoms with Crippen molar-refractivity contribution in [1.82, 2.24) is 0 Å². The summed E-state index contributed by atoms with van der Waals surface area (Å²) in [6, 6.07) is 6.84. The Hall–Kier alpha value is -1.07. The van der Waals surface area contributed by atoms with E-state index >= 15 is 0 Å². The van der Waals surface area contributed by atoms with Gasteiger partial charge in [-0.3, -0.25) is 0 Å². The molecular formula is C14H23NO3S. The van der Waals surface area contributed by atoms with Crippen LogP contribution < -0.4 is 5.32 Å². The summed E-state index contributed by atoms with van der Waals surface area (Å²) < 4.78 is 24.3. The van der Waals surface area contributed by atoms with Crippen molar-refractivity contribution in [3.8, 4) is 0 Å². The lowest BCUT2D eigenvalue weighted by molar-refractivity contribution is 0.0697. The van der Waals surface area contributed by atoms with E-state index in [0.29, 0.717) is 30.0 Å². The molecule has 1 rings (SSSR count). The lowest BCUT2D eigenvalue weighted by Crippen LogP contribution is -2.32. The van der Waals surface area contributed by atoms with Gasteiger partial charge in [-0.1, -0.05) is 26.0 Å². The highest BCUT2D eigenvalue weighted by molar-refractivity contribution is 7.91. The lowest BCUT2D eigenvalue weighted by atomic mass is 10.0. The molecule has 2 N–H and O–H groups in total. The molecule has 108 valence electrons. The van der Waals surface area contributed by atoms with Crippen molar-refractivity contribution < 1.29 is 13.5 Å². The largest absolute Gasteiger partial charge is 0.388 e. The standard InChI is InChI=1S/C14H23NO3S/c1-4-10-19(17,18)13-9-7-6-8-12(13)15-11-14(3,16)5-2/h6-9,15-16H,4-5,10-11H2,1-3H3. The van der Waals surface area contributed by atoms with E-state index in [4.69, 9.17) is 0 Å². The number of hydrogen-bond donors (Lipinski definition) is 2. The van der Waals surface area contributed by atoms with E-state index < -0.39 is 15.4 Å². The second kappa shape index (κ2) is 6.39. The summed E-state index contributed by atoms with van der Waals surface area (Å²) in [6.45, 7) is 5.78. The minimum atomic E-state index is -3.26. The van der Waals surface area contributed by atoms with Gasteiger partial charge in [0.15, 0.2) is 9.84 Å².